The molecule has 1 aliphatic heterocycles. The number of carbonyl (C=O) groups is 1. The lowest BCUT2D eigenvalue weighted by molar-refractivity contribution is -0.120. The Labute approximate surface area is 132 Å². The quantitative estimate of drug-likeness (QED) is 0.834. The molecule has 1 fully saturated rings. The summed E-state index contributed by atoms with van der Waals surface area (Å²) >= 11 is 0. The van der Waals surface area contributed by atoms with Gasteiger partial charge in [0.2, 0.25) is 0 Å². The van der Waals surface area contributed by atoms with E-state index in [2.05, 4.69) is 12.2 Å². The minimum Gasteiger partial charge on any atom is -0.468 e. The summed E-state index contributed by atoms with van der Waals surface area (Å²) in [5, 5.41) is 3.35. The van der Waals surface area contributed by atoms with Gasteiger partial charge in [-0.25, -0.2) is 0 Å². The third kappa shape index (κ3) is 3.03. The lowest BCUT2D eigenvalue weighted by atomic mass is 9.78. The van der Waals surface area contributed by atoms with Crippen LogP contribution in [-0.2, 0) is 4.79 Å². The van der Waals surface area contributed by atoms with E-state index >= 15 is 0 Å². The van der Waals surface area contributed by atoms with Crippen LogP contribution < -0.4 is 10.1 Å². The number of fused-ring (bicyclic) bond motifs is 1. The van der Waals surface area contributed by atoms with Crippen molar-refractivity contribution in [3.63, 3.8) is 0 Å². The first-order valence-corrected chi connectivity index (χ1v) is 8.28. The summed E-state index contributed by atoms with van der Waals surface area (Å²) in [6.45, 7) is 6.16. The number of para-hydroxylation sites is 1. The van der Waals surface area contributed by atoms with Gasteiger partial charge in [-0.2, -0.15) is 0 Å². The Balaban J connectivity index is 1.91. The highest BCUT2D eigenvalue weighted by atomic mass is 16.5. The fourth-order valence-corrected chi connectivity index (χ4v) is 3.57. The third-order valence-electron chi connectivity index (χ3n) is 4.74. The maximum Gasteiger partial charge on any atom is 0.175 e. The molecular formula is C19H25NO2. The van der Waals surface area contributed by atoms with Gasteiger partial charge in [0.05, 0.1) is 5.70 Å². The molecule has 1 aromatic carbocycles. The van der Waals surface area contributed by atoms with Crippen molar-refractivity contribution in [2.24, 2.45) is 11.8 Å². The molecule has 22 heavy (non-hydrogen) atoms. The van der Waals surface area contributed by atoms with Gasteiger partial charge in [-0.15, -0.1) is 0 Å². The van der Waals surface area contributed by atoms with E-state index in [1.807, 2.05) is 38.1 Å². The van der Waals surface area contributed by atoms with E-state index in [0.717, 1.165) is 29.9 Å². The number of ether oxygens (including phenoxy) is 1. The molecule has 2 aliphatic rings. The summed E-state index contributed by atoms with van der Waals surface area (Å²) < 4.78 is 5.93. The Bertz CT molecular complexity index is 603. The Morgan fingerprint density at radius 3 is 2.77 bits per heavy atom. The molecule has 0 radical (unpaired) electrons. The minimum absolute atomic E-state index is 0.168. The fraction of sp³-hybridized carbons (Fsp3) is 0.526. The summed E-state index contributed by atoms with van der Waals surface area (Å²) in [5.74, 6) is 1.74. The van der Waals surface area contributed by atoms with E-state index < -0.39 is 5.72 Å². The standard InChI is InChI=1S/C19H25NO2/c1-13-8-4-5-9-14(13)17(21)12-16-15-10-6-7-11-18(15)22-19(2,3)20-16/h6-7,10-14,20H,4-5,8-9H2,1-3H3/b16-12+. The van der Waals surface area contributed by atoms with Crippen molar-refractivity contribution in [1.82, 2.24) is 5.32 Å². The number of ketones is 1. The van der Waals surface area contributed by atoms with Crippen molar-refractivity contribution in [2.75, 3.05) is 0 Å². The number of carbonyl (C=O) groups excluding carboxylic acids is 1. The summed E-state index contributed by atoms with van der Waals surface area (Å²) in [7, 11) is 0. The number of benzene rings is 1. The van der Waals surface area contributed by atoms with Crippen LogP contribution in [0.5, 0.6) is 5.75 Å². The fourth-order valence-electron chi connectivity index (χ4n) is 3.57. The average Bonchev–Trinajstić information content (AvgIpc) is 2.46. The maximum absolute atomic E-state index is 12.7. The zero-order chi connectivity index (χ0) is 15.7. The summed E-state index contributed by atoms with van der Waals surface area (Å²) in [5.41, 5.74) is 1.35. The van der Waals surface area contributed by atoms with Gasteiger partial charge in [0.25, 0.3) is 0 Å². The average molecular weight is 299 g/mol. The SMILES string of the molecule is CC1CCCCC1C(=O)/C=C1/NC(C)(C)Oc2ccccc21. The summed E-state index contributed by atoms with van der Waals surface area (Å²) in [4.78, 5) is 12.7. The van der Waals surface area contributed by atoms with Crippen molar-refractivity contribution >= 4 is 11.5 Å². The van der Waals surface area contributed by atoms with E-state index in [9.17, 15) is 4.79 Å². The van der Waals surface area contributed by atoms with Crippen LogP contribution in [0.2, 0.25) is 0 Å². The van der Waals surface area contributed by atoms with Crippen molar-refractivity contribution < 1.29 is 9.53 Å². The largest absolute Gasteiger partial charge is 0.468 e. The van der Waals surface area contributed by atoms with Gasteiger partial charge >= 0.3 is 0 Å². The molecule has 1 aliphatic carbocycles. The van der Waals surface area contributed by atoms with E-state index in [0.29, 0.717) is 5.92 Å². The predicted octanol–water partition coefficient (Wildman–Crippen LogP) is 4.14. The number of allylic oxidation sites excluding steroid dienone is 1. The topological polar surface area (TPSA) is 38.3 Å². The Morgan fingerprint density at radius 2 is 2.00 bits per heavy atom. The van der Waals surface area contributed by atoms with Gasteiger partial charge in [-0.05, 0) is 38.3 Å². The molecule has 1 N–H and O–H groups in total. The smallest absolute Gasteiger partial charge is 0.175 e. The highest BCUT2D eigenvalue weighted by Gasteiger charge is 2.31. The molecule has 0 aromatic heterocycles. The normalized spacial score (nSPS) is 28.4. The lowest BCUT2D eigenvalue weighted by Gasteiger charge is -2.36. The summed E-state index contributed by atoms with van der Waals surface area (Å²) in [6, 6.07) is 7.90. The number of hydrogen-bond donors (Lipinski definition) is 1. The number of hydrogen-bond acceptors (Lipinski definition) is 3. The van der Waals surface area contributed by atoms with Crippen LogP contribution in [0.4, 0.5) is 0 Å². The van der Waals surface area contributed by atoms with Crippen molar-refractivity contribution in [3.05, 3.63) is 35.9 Å². The predicted molar refractivity (Wildman–Crippen MR) is 88.4 cm³/mol. The van der Waals surface area contributed by atoms with Gasteiger partial charge in [0.15, 0.2) is 11.5 Å². The highest BCUT2D eigenvalue weighted by Crippen LogP contribution is 2.35. The van der Waals surface area contributed by atoms with Crippen LogP contribution >= 0.6 is 0 Å². The minimum atomic E-state index is -0.501. The molecule has 3 rings (SSSR count). The molecular weight excluding hydrogens is 274 g/mol. The van der Waals surface area contributed by atoms with Crippen LogP contribution in [0, 0.1) is 11.8 Å². The molecule has 1 saturated carbocycles. The second kappa shape index (κ2) is 5.79. The molecule has 1 aromatic rings. The molecule has 118 valence electrons. The lowest BCUT2D eigenvalue weighted by Crippen LogP contribution is -2.46. The maximum atomic E-state index is 12.7. The molecule has 1 heterocycles. The molecule has 3 heteroatoms. The Hall–Kier alpha value is -1.77. The van der Waals surface area contributed by atoms with Crippen LogP contribution in [0.25, 0.3) is 5.70 Å². The van der Waals surface area contributed by atoms with E-state index in [-0.39, 0.29) is 11.7 Å². The van der Waals surface area contributed by atoms with Crippen molar-refractivity contribution in [2.45, 2.75) is 52.2 Å². The molecule has 0 saturated heterocycles. The monoisotopic (exact) mass is 299 g/mol. The van der Waals surface area contributed by atoms with Crippen LogP contribution in [-0.4, -0.2) is 11.5 Å². The van der Waals surface area contributed by atoms with Gasteiger partial charge < -0.3 is 10.1 Å². The van der Waals surface area contributed by atoms with Gasteiger partial charge in [-0.1, -0.05) is 38.3 Å². The van der Waals surface area contributed by atoms with E-state index in [4.69, 9.17) is 4.74 Å². The first-order chi connectivity index (χ1) is 10.5. The third-order valence-corrected chi connectivity index (χ3v) is 4.74. The molecule has 2 atom stereocenters. The second-order valence-electron chi connectivity index (χ2n) is 7.06. The Kier molecular flexibility index (Phi) is 3.98. The van der Waals surface area contributed by atoms with Crippen molar-refractivity contribution in [3.8, 4) is 5.75 Å². The molecule has 0 amide bonds. The first-order valence-electron chi connectivity index (χ1n) is 8.28. The van der Waals surface area contributed by atoms with Crippen LogP contribution in [0.3, 0.4) is 0 Å². The second-order valence-corrected chi connectivity index (χ2v) is 7.06. The number of nitrogens with one attached hydrogen (secondary N) is 1. The summed E-state index contributed by atoms with van der Waals surface area (Å²) in [6.07, 6.45) is 6.41. The van der Waals surface area contributed by atoms with Crippen molar-refractivity contribution in [1.29, 1.82) is 0 Å². The zero-order valence-corrected chi connectivity index (χ0v) is 13.7. The van der Waals surface area contributed by atoms with Gasteiger partial charge in [0, 0.05) is 17.6 Å². The van der Waals surface area contributed by atoms with Gasteiger partial charge in [-0.3, -0.25) is 4.79 Å². The molecule has 0 bridgehead atoms. The zero-order valence-electron chi connectivity index (χ0n) is 13.7. The van der Waals surface area contributed by atoms with E-state index in [1.165, 1.54) is 12.8 Å². The molecule has 2 unspecified atom stereocenters. The molecule has 0 spiro atoms. The van der Waals surface area contributed by atoms with Gasteiger partial charge in [0.1, 0.15) is 5.75 Å². The first kappa shape index (κ1) is 15.1. The van der Waals surface area contributed by atoms with E-state index in [1.54, 1.807) is 6.08 Å². The number of rotatable bonds is 2. The van der Waals surface area contributed by atoms with Crippen LogP contribution in [0.1, 0.15) is 52.0 Å². The van der Waals surface area contributed by atoms with Crippen LogP contribution in [0.15, 0.2) is 30.3 Å². The highest BCUT2D eigenvalue weighted by molar-refractivity contribution is 5.99. The molecule has 3 nitrogen and oxygen atoms in total. The Morgan fingerprint density at radius 1 is 1.27 bits per heavy atom.